The number of aromatic carboxylic acids is 1. The number of H-pyrrole nitrogens is 1. The zero-order valence-electron chi connectivity index (χ0n) is 14.0. The molecule has 28 heavy (non-hydrogen) atoms. The molecule has 1 saturated heterocycles. The Balaban J connectivity index is 0.00000225. The van der Waals surface area contributed by atoms with Gasteiger partial charge in [0.1, 0.15) is 5.69 Å². The first-order chi connectivity index (χ1) is 13.0. The SMILES string of the molecule is O=C(O)c1[nH]c2cc(Cl)cc(Cl)c2c1/C=C1\CCN(c2ccccc2)C1=O.[NaH]. The van der Waals surface area contributed by atoms with Crippen LogP contribution < -0.4 is 4.90 Å². The average molecular weight is 425 g/mol. The Morgan fingerprint density at radius 2 is 1.89 bits per heavy atom. The predicted octanol–water partition coefficient (Wildman–Crippen LogP) is 4.34. The predicted molar refractivity (Wildman–Crippen MR) is 114 cm³/mol. The molecule has 0 aliphatic carbocycles. The van der Waals surface area contributed by atoms with Crippen LogP contribution in [0.4, 0.5) is 5.69 Å². The maximum absolute atomic E-state index is 12.8. The van der Waals surface area contributed by atoms with Gasteiger partial charge in [-0.3, -0.25) is 4.79 Å². The molecule has 0 bridgehead atoms. The van der Waals surface area contributed by atoms with Gasteiger partial charge in [-0.05, 0) is 36.8 Å². The summed E-state index contributed by atoms with van der Waals surface area (Å²) in [7, 11) is 0. The molecule has 1 amide bonds. The number of nitrogens with one attached hydrogen (secondary N) is 1. The first-order valence-electron chi connectivity index (χ1n) is 8.27. The summed E-state index contributed by atoms with van der Waals surface area (Å²) in [4.78, 5) is 29.1. The van der Waals surface area contributed by atoms with Crippen LogP contribution >= 0.6 is 23.2 Å². The number of halogens is 2. The van der Waals surface area contributed by atoms with Crippen LogP contribution in [-0.4, -0.2) is 58.1 Å². The summed E-state index contributed by atoms with van der Waals surface area (Å²) >= 11 is 12.3. The van der Waals surface area contributed by atoms with Gasteiger partial charge in [0.05, 0.1) is 5.02 Å². The van der Waals surface area contributed by atoms with Crippen LogP contribution in [0, 0.1) is 0 Å². The Kier molecular flexibility index (Phi) is 6.22. The van der Waals surface area contributed by atoms with Crippen molar-refractivity contribution in [1.29, 1.82) is 0 Å². The Morgan fingerprint density at radius 1 is 1.18 bits per heavy atom. The number of para-hydroxylation sites is 1. The number of hydrogen-bond acceptors (Lipinski definition) is 2. The summed E-state index contributed by atoms with van der Waals surface area (Å²) in [5.74, 6) is -1.27. The van der Waals surface area contributed by atoms with Crippen LogP contribution in [0.1, 0.15) is 22.5 Å². The van der Waals surface area contributed by atoms with Gasteiger partial charge in [0, 0.05) is 39.3 Å². The fraction of sp³-hybridized carbons (Fsp3) is 0.100. The summed E-state index contributed by atoms with van der Waals surface area (Å²) in [6.45, 7) is 0.541. The first-order valence-corrected chi connectivity index (χ1v) is 9.03. The van der Waals surface area contributed by atoms with Gasteiger partial charge in [0.2, 0.25) is 0 Å². The standard InChI is InChI=1S/C20H14Cl2N2O3.Na.H/c21-12-9-15(22)17-14(18(20(26)27)23-16(17)10-12)8-11-6-7-24(19(11)25)13-4-2-1-3-5-13;;/h1-5,8-10,23H,6-7H2,(H,26,27);;/b11-8+;;. The van der Waals surface area contributed by atoms with Crippen molar-refractivity contribution in [1.82, 2.24) is 4.98 Å². The second-order valence-corrected chi connectivity index (χ2v) is 7.08. The Morgan fingerprint density at radius 3 is 2.57 bits per heavy atom. The van der Waals surface area contributed by atoms with E-state index in [2.05, 4.69) is 4.98 Å². The molecule has 0 saturated carbocycles. The molecule has 5 nitrogen and oxygen atoms in total. The molecule has 8 heteroatoms. The van der Waals surface area contributed by atoms with Crippen molar-refractivity contribution in [3.8, 4) is 0 Å². The number of carboxylic acids is 1. The van der Waals surface area contributed by atoms with Crippen LogP contribution in [0.15, 0.2) is 48.0 Å². The van der Waals surface area contributed by atoms with Crippen molar-refractivity contribution in [3.63, 3.8) is 0 Å². The Labute approximate surface area is 193 Å². The minimum absolute atomic E-state index is 0. The quantitative estimate of drug-likeness (QED) is 0.484. The molecule has 4 rings (SSSR count). The number of hydrogen-bond donors (Lipinski definition) is 2. The van der Waals surface area contributed by atoms with Gasteiger partial charge in [-0.15, -0.1) is 0 Å². The third-order valence-electron chi connectivity index (χ3n) is 4.58. The molecule has 0 unspecified atom stereocenters. The monoisotopic (exact) mass is 424 g/mol. The van der Waals surface area contributed by atoms with Gasteiger partial charge in [0.15, 0.2) is 0 Å². The number of aromatic nitrogens is 1. The molecule has 3 aromatic rings. The van der Waals surface area contributed by atoms with Gasteiger partial charge in [-0.25, -0.2) is 4.79 Å². The molecule has 0 spiro atoms. The van der Waals surface area contributed by atoms with E-state index < -0.39 is 5.97 Å². The van der Waals surface area contributed by atoms with Crippen LogP contribution in [-0.2, 0) is 4.79 Å². The summed E-state index contributed by atoms with van der Waals surface area (Å²) < 4.78 is 0. The molecule has 2 N–H and O–H groups in total. The molecule has 1 aromatic heterocycles. The van der Waals surface area contributed by atoms with E-state index in [4.69, 9.17) is 23.2 Å². The van der Waals surface area contributed by atoms with Gasteiger partial charge >= 0.3 is 35.5 Å². The van der Waals surface area contributed by atoms with Gasteiger partial charge < -0.3 is 15.0 Å². The number of rotatable bonds is 3. The zero-order chi connectivity index (χ0) is 19.1. The normalized spacial score (nSPS) is 15.3. The minimum atomic E-state index is -1.13. The second kappa shape index (κ2) is 8.31. The van der Waals surface area contributed by atoms with Crippen LogP contribution in [0.5, 0.6) is 0 Å². The molecule has 0 radical (unpaired) electrons. The number of anilines is 1. The van der Waals surface area contributed by atoms with Crippen molar-refractivity contribution in [2.45, 2.75) is 6.42 Å². The topological polar surface area (TPSA) is 73.4 Å². The number of amides is 1. The van der Waals surface area contributed by atoms with Gasteiger partial charge in [0.25, 0.3) is 5.91 Å². The summed E-state index contributed by atoms with van der Waals surface area (Å²) in [5, 5.41) is 10.8. The summed E-state index contributed by atoms with van der Waals surface area (Å²) in [6, 6.07) is 12.5. The summed E-state index contributed by atoms with van der Waals surface area (Å²) in [5.41, 5.74) is 2.23. The van der Waals surface area contributed by atoms with E-state index in [1.54, 1.807) is 23.1 Å². The molecular formula is C20H15Cl2N2NaO3. The van der Waals surface area contributed by atoms with E-state index in [1.807, 2.05) is 30.3 Å². The van der Waals surface area contributed by atoms with E-state index in [1.165, 1.54) is 0 Å². The molecule has 1 aliphatic heterocycles. The van der Waals surface area contributed by atoms with Crippen molar-refractivity contribution < 1.29 is 14.7 Å². The molecule has 138 valence electrons. The molecule has 0 atom stereocenters. The zero-order valence-corrected chi connectivity index (χ0v) is 15.5. The van der Waals surface area contributed by atoms with Gasteiger partial charge in [-0.1, -0.05) is 41.4 Å². The average Bonchev–Trinajstić information content (AvgIpc) is 3.17. The van der Waals surface area contributed by atoms with Crippen LogP contribution in [0.25, 0.3) is 17.0 Å². The molecular weight excluding hydrogens is 410 g/mol. The number of aromatic amines is 1. The second-order valence-electron chi connectivity index (χ2n) is 6.24. The molecule has 2 heterocycles. The van der Waals surface area contributed by atoms with E-state index in [-0.39, 0.29) is 41.2 Å². The molecule has 1 aliphatic rings. The van der Waals surface area contributed by atoms with Crippen molar-refractivity contribution >= 4 is 87.3 Å². The maximum atomic E-state index is 12.8. The number of carbonyl (C=O) groups excluding carboxylic acids is 1. The van der Waals surface area contributed by atoms with Gasteiger partial charge in [-0.2, -0.15) is 0 Å². The molecule has 1 fully saturated rings. The summed E-state index contributed by atoms with van der Waals surface area (Å²) in [6.07, 6.45) is 2.14. The number of benzene rings is 2. The molecule has 2 aromatic carbocycles. The third kappa shape index (κ3) is 3.73. The van der Waals surface area contributed by atoms with Crippen molar-refractivity contribution in [3.05, 3.63) is 69.3 Å². The van der Waals surface area contributed by atoms with E-state index in [9.17, 15) is 14.7 Å². The Bertz CT molecular complexity index is 1110. The van der Waals surface area contributed by atoms with Crippen LogP contribution in [0.3, 0.4) is 0 Å². The van der Waals surface area contributed by atoms with E-state index in [0.29, 0.717) is 45.1 Å². The Hall–Kier alpha value is -1.76. The van der Waals surface area contributed by atoms with Crippen LogP contribution in [0.2, 0.25) is 10.0 Å². The number of fused-ring (bicyclic) bond motifs is 1. The number of nitrogens with zero attached hydrogens (tertiary/aromatic N) is 1. The van der Waals surface area contributed by atoms with Crippen molar-refractivity contribution in [2.75, 3.05) is 11.4 Å². The van der Waals surface area contributed by atoms with E-state index in [0.717, 1.165) is 5.69 Å². The van der Waals surface area contributed by atoms with Crippen molar-refractivity contribution in [2.24, 2.45) is 0 Å². The fourth-order valence-electron chi connectivity index (χ4n) is 3.36. The third-order valence-corrected chi connectivity index (χ3v) is 5.09. The fourth-order valence-corrected chi connectivity index (χ4v) is 3.96. The number of carbonyl (C=O) groups is 2. The van der Waals surface area contributed by atoms with E-state index >= 15 is 0 Å². The number of carboxylic acid groups (broad SMARTS) is 1. The first kappa shape index (κ1) is 21.0.